The summed E-state index contributed by atoms with van der Waals surface area (Å²) in [7, 11) is 0. The Kier molecular flexibility index (Phi) is 4.68. The number of benzene rings is 2. The fourth-order valence-electron chi connectivity index (χ4n) is 2.35. The Morgan fingerprint density at radius 3 is 2.80 bits per heavy atom. The average Bonchev–Trinajstić information content (AvgIpc) is 3.11. The number of rotatable bonds is 4. The second-order valence-corrected chi connectivity index (χ2v) is 6.23. The molecule has 0 spiro atoms. The molecule has 0 saturated carbocycles. The second-order valence-electron chi connectivity index (χ2n) is 5.37. The van der Waals surface area contributed by atoms with E-state index in [4.69, 9.17) is 0 Å². The molecule has 3 rings (SSSR count). The third-order valence-corrected chi connectivity index (χ3v) is 4.57. The molecule has 0 radical (unpaired) electrons. The Labute approximate surface area is 148 Å². The van der Waals surface area contributed by atoms with E-state index < -0.39 is 4.92 Å². The first-order chi connectivity index (χ1) is 12.1. The Morgan fingerprint density at radius 1 is 1.28 bits per heavy atom. The van der Waals surface area contributed by atoms with Crippen molar-refractivity contribution in [2.24, 2.45) is 0 Å². The van der Waals surface area contributed by atoms with Gasteiger partial charge in [0.05, 0.1) is 16.2 Å². The normalized spacial score (nSPS) is 11.1. The van der Waals surface area contributed by atoms with Crippen molar-refractivity contribution >= 4 is 28.7 Å². The summed E-state index contributed by atoms with van der Waals surface area (Å²) in [5, 5.41) is 22.8. The monoisotopic (exact) mass is 347 g/mol. The molecule has 0 atom stereocenters. The number of hydrogen-bond donors (Lipinski definition) is 0. The largest absolute Gasteiger partial charge is 0.270 e. The van der Waals surface area contributed by atoms with Crippen molar-refractivity contribution in [3.63, 3.8) is 0 Å². The van der Waals surface area contributed by atoms with Gasteiger partial charge >= 0.3 is 0 Å². The van der Waals surface area contributed by atoms with Gasteiger partial charge in [0.25, 0.3) is 5.69 Å². The molecular weight excluding hydrogens is 334 g/mol. The predicted molar refractivity (Wildman–Crippen MR) is 98.9 cm³/mol. The third kappa shape index (κ3) is 3.62. The van der Waals surface area contributed by atoms with Crippen LogP contribution >= 0.6 is 11.3 Å². The summed E-state index contributed by atoms with van der Waals surface area (Å²) in [6.07, 6.45) is 1.81. The summed E-state index contributed by atoms with van der Waals surface area (Å²) in [4.78, 5) is 15.0. The van der Waals surface area contributed by atoms with Crippen molar-refractivity contribution in [1.82, 2.24) is 4.98 Å². The van der Waals surface area contributed by atoms with Gasteiger partial charge in [-0.1, -0.05) is 36.4 Å². The van der Waals surface area contributed by atoms with Crippen molar-refractivity contribution in [3.8, 4) is 17.3 Å². The fourth-order valence-corrected chi connectivity index (χ4v) is 3.15. The quantitative estimate of drug-likeness (QED) is 0.374. The lowest BCUT2D eigenvalue weighted by Gasteiger charge is -2.00. The van der Waals surface area contributed by atoms with Crippen molar-refractivity contribution in [3.05, 3.63) is 80.2 Å². The number of allylic oxidation sites excluding steroid dienone is 1. The van der Waals surface area contributed by atoms with E-state index in [-0.39, 0.29) is 5.69 Å². The first kappa shape index (κ1) is 16.6. The first-order valence-corrected chi connectivity index (χ1v) is 8.34. The molecule has 0 amide bonds. The summed E-state index contributed by atoms with van der Waals surface area (Å²) in [5.74, 6) is 0. The smallest absolute Gasteiger partial charge is 0.258 e. The van der Waals surface area contributed by atoms with Crippen LogP contribution in [0.5, 0.6) is 0 Å². The molecule has 122 valence electrons. The van der Waals surface area contributed by atoms with Gasteiger partial charge in [-0.05, 0) is 24.1 Å². The zero-order valence-corrected chi connectivity index (χ0v) is 14.2. The minimum atomic E-state index is -0.435. The summed E-state index contributed by atoms with van der Waals surface area (Å²) < 4.78 is 0. The van der Waals surface area contributed by atoms with Gasteiger partial charge in [-0.15, -0.1) is 11.3 Å². The van der Waals surface area contributed by atoms with Gasteiger partial charge in [-0.25, -0.2) is 4.98 Å². The zero-order valence-electron chi connectivity index (χ0n) is 13.3. The maximum atomic E-state index is 10.9. The van der Waals surface area contributed by atoms with Crippen molar-refractivity contribution < 1.29 is 4.92 Å². The van der Waals surface area contributed by atoms with Crippen LogP contribution < -0.4 is 0 Å². The highest BCUT2D eigenvalue weighted by Crippen LogP contribution is 2.29. The molecular formula is C19H13N3O2S. The highest BCUT2D eigenvalue weighted by atomic mass is 32.1. The minimum Gasteiger partial charge on any atom is -0.258 e. The van der Waals surface area contributed by atoms with Gasteiger partial charge in [0.15, 0.2) is 0 Å². The maximum Gasteiger partial charge on any atom is 0.270 e. The van der Waals surface area contributed by atoms with Crippen molar-refractivity contribution in [1.29, 1.82) is 5.26 Å². The number of thiazole rings is 1. The summed E-state index contributed by atoms with van der Waals surface area (Å²) in [6, 6.07) is 16.3. The number of aryl methyl sites for hydroxylation is 1. The molecule has 0 bridgehead atoms. The highest BCUT2D eigenvalue weighted by Gasteiger charge is 2.12. The molecule has 1 heterocycles. The van der Waals surface area contributed by atoms with Crippen LogP contribution in [0.3, 0.4) is 0 Å². The fraction of sp³-hybridized carbons (Fsp3) is 0.0526. The maximum absolute atomic E-state index is 10.9. The molecule has 5 nitrogen and oxygen atoms in total. The molecule has 3 aromatic rings. The first-order valence-electron chi connectivity index (χ1n) is 7.46. The van der Waals surface area contributed by atoms with Crippen LogP contribution in [-0.2, 0) is 0 Å². The Hall–Kier alpha value is -3.30. The van der Waals surface area contributed by atoms with Crippen molar-refractivity contribution in [2.45, 2.75) is 6.92 Å². The summed E-state index contributed by atoms with van der Waals surface area (Å²) in [6.45, 7) is 1.98. The van der Waals surface area contributed by atoms with Crippen LogP contribution in [0.25, 0.3) is 22.9 Å². The van der Waals surface area contributed by atoms with Gasteiger partial charge < -0.3 is 0 Å². The molecule has 0 saturated heterocycles. The molecule has 0 aliphatic carbocycles. The van der Waals surface area contributed by atoms with Gasteiger partial charge in [-0.2, -0.15) is 5.26 Å². The van der Waals surface area contributed by atoms with E-state index in [9.17, 15) is 15.4 Å². The molecule has 25 heavy (non-hydrogen) atoms. The Morgan fingerprint density at radius 2 is 2.08 bits per heavy atom. The molecule has 0 N–H and O–H groups in total. The van der Waals surface area contributed by atoms with E-state index in [1.807, 2.05) is 37.3 Å². The molecule has 0 unspecified atom stereocenters. The molecule has 0 fully saturated rings. The lowest BCUT2D eigenvalue weighted by molar-refractivity contribution is -0.384. The topological polar surface area (TPSA) is 79.8 Å². The molecule has 1 aromatic heterocycles. The molecule has 6 heteroatoms. The van der Waals surface area contributed by atoms with E-state index in [0.717, 1.165) is 11.1 Å². The number of nitro benzene ring substituents is 1. The molecule has 2 aromatic carbocycles. The van der Waals surface area contributed by atoms with Crippen molar-refractivity contribution in [2.75, 3.05) is 0 Å². The van der Waals surface area contributed by atoms with E-state index in [1.165, 1.54) is 23.5 Å². The lowest BCUT2D eigenvalue weighted by atomic mass is 10.1. The minimum absolute atomic E-state index is 0.0167. The van der Waals surface area contributed by atoms with Crippen LogP contribution in [0.15, 0.2) is 53.9 Å². The summed E-state index contributed by atoms with van der Waals surface area (Å²) in [5.41, 5.74) is 3.80. The third-order valence-electron chi connectivity index (χ3n) is 3.70. The second kappa shape index (κ2) is 7.07. The number of aromatic nitrogens is 1. The summed E-state index contributed by atoms with van der Waals surface area (Å²) >= 11 is 1.34. The van der Waals surface area contributed by atoms with E-state index in [0.29, 0.717) is 21.8 Å². The van der Waals surface area contributed by atoms with Crippen LogP contribution in [0, 0.1) is 28.4 Å². The van der Waals surface area contributed by atoms with Crippen LogP contribution in [0.4, 0.5) is 5.69 Å². The number of nitriles is 1. The van der Waals surface area contributed by atoms with Crippen LogP contribution in [0.2, 0.25) is 0 Å². The number of nitro groups is 1. The zero-order chi connectivity index (χ0) is 17.8. The van der Waals surface area contributed by atoms with Gasteiger partial charge in [0.1, 0.15) is 11.1 Å². The SMILES string of the molecule is Cc1ccccc1C=C(C#N)c1nc(-c2cccc([N+](=O)[O-])c2)cs1. The Bertz CT molecular complexity index is 1020. The van der Waals surface area contributed by atoms with Gasteiger partial charge in [0, 0.05) is 23.1 Å². The van der Waals surface area contributed by atoms with E-state index in [1.54, 1.807) is 17.5 Å². The number of non-ortho nitro benzene ring substituents is 1. The number of hydrogen-bond acceptors (Lipinski definition) is 5. The molecule has 0 aliphatic rings. The van der Waals surface area contributed by atoms with E-state index in [2.05, 4.69) is 11.1 Å². The number of nitrogens with zero attached hydrogens (tertiary/aromatic N) is 3. The van der Waals surface area contributed by atoms with Gasteiger partial charge in [0.2, 0.25) is 0 Å². The van der Waals surface area contributed by atoms with Crippen LogP contribution in [-0.4, -0.2) is 9.91 Å². The lowest BCUT2D eigenvalue weighted by Crippen LogP contribution is -1.88. The molecule has 0 aliphatic heterocycles. The Balaban J connectivity index is 1.98. The standard InChI is InChI=1S/C19H13N3O2S/c1-13-5-2-3-6-14(13)9-16(11-20)19-21-18(12-25-19)15-7-4-8-17(10-15)22(23)24/h2-10,12H,1H3. The van der Waals surface area contributed by atoms with Crippen LogP contribution in [0.1, 0.15) is 16.1 Å². The predicted octanol–water partition coefficient (Wildman–Crippen LogP) is 5.09. The average molecular weight is 347 g/mol. The highest BCUT2D eigenvalue weighted by molar-refractivity contribution is 7.11. The van der Waals surface area contributed by atoms with Gasteiger partial charge in [-0.3, -0.25) is 10.1 Å². The van der Waals surface area contributed by atoms with E-state index >= 15 is 0 Å².